The average Bonchev–Trinajstić information content (AvgIpc) is 3.03. The maximum absolute atomic E-state index is 13.0. The highest BCUT2D eigenvalue weighted by Crippen LogP contribution is 2.26. The lowest BCUT2D eigenvalue weighted by molar-refractivity contribution is -0.120. The number of methoxy groups -OCH3 is 1. The highest BCUT2D eigenvalue weighted by Gasteiger charge is 2.19. The second-order valence-electron chi connectivity index (χ2n) is 5.97. The van der Waals surface area contributed by atoms with Gasteiger partial charge in [0.1, 0.15) is 11.6 Å². The second-order valence-corrected chi connectivity index (χ2v) is 7.30. The summed E-state index contributed by atoms with van der Waals surface area (Å²) in [5, 5.41) is 3.28. The summed E-state index contributed by atoms with van der Waals surface area (Å²) < 4.78 is 18.2. The van der Waals surface area contributed by atoms with Gasteiger partial charge in [-0.2, -0.15) is 0 Å². The van der Waals surface area contributed by atoms with E-state index in [2.05, 4.69) is 15.3 Å². The molecule has 26 heavy (non-hydrogen) atoms. The Hall–Kier alpha value is -2.54. The van der Waals surface area contributed by atoms with Gasteiger partial charge in [-0.05, 0) is 43.7 Å². The van der Waals surface area contributed by atoms with Gasteiger partial charge in [0.15, 0.2) is 5.16 Å². The lowest BCUT2D eigenvalue weighted by Crippen LogP contribution is -2.33. The Bertz CT molecular complexity index is 911. The lowest BCUT2D eigenvalue weighted by atomic mass is 10.1. The molecule has 0 spiro atoms. The summed E-state index contributed by atoms with van der Waals surface area (Å²) in [5.41, 5.74) is 2.53. The fraction of sp³-hybridized carbons (Fsp3) is 0.263. The first-order chi connectivity index (χ1) is 12.5. The number of benzene rings is 2. The van der Waals surface area contributed by atoms with Gasteiger partial charge in [-0.3, -0.25) is 4.79 Å². The number of hydrogen-bond acceptors (Lipinski definition) is 4. The van der Waals surface area contributed by atoms with Crippen LogP contribution in [0.3, 0.4) is 0 Å². The van der Waals surface area contributed by atoms with Crippen LogP contribution in [0.5, 0.6) is 5.75 Å². The van der Waals surface area contributed by atoms with Crippen LogP contribution in [0.1, 0.15) is 25.5 Å². The van der Waals surface area contributed by atoms with Crippen molar-refractivity contribution in [2.24, 2.45) is 0 Å². The van der Waals surface area contributed by atoms with E-state index in [4.69, 9.17) is 4.74 Å². The summed E-state index contributed by atoms with van der Waals surface area (Å²) in [5.74, 6) is 0.346. The molecule has 136 valence electrons. The molecule has 3 aromatic rings. The summed E-state index contributed by atoms with van der Waals surface area (Å²) in [6.07, 6.45) is 0. The summed E-state index contributed by atoms with van der Waals surface area (Å²) >= 11 is 1.35. The van der Waals surface area contributed by atoms with Crippen molar-refractivity contribution in [2.75, 3.05) is 7.11 Å². The van der Waals surface area contributed by atoms with E-state index in [1.165, 1.54) is 23.9 Å². The Morgan fingerprint density at radius 2 is 1.96 bits per heavy atom. The van der Waals surface area contributed by atoms with E-state index in [0.717, 1.165) is 22.3 Å². The maximum Gasteiger partial charge on any atom is 0.233 e. The Labute approximate surface area is 155 Å². The Balaban J connectivity index is 1.64. The Morgan fingerprint density at radius 3 is 2.65 bits per heavy atom. The number of imidazole rings is 1. The normalized spacial score (nSPS) is 13.4. The monoisotopic (exact) mass is 373 g/mol. The smallest absolute Gasteiger partial charge is 0.233 e. The summed E-state index contributed by atoms with van der Waals surface area (Å²) in [7, 11) is 1.61. The summed E-state index contributed by atoms with van der Waals surface area (Å²) in [6.45, 7) is 3.70. The zero-order valence-electron chi connectivity index (χ0n) is 14.7. The van der Waals surface area contributed by atoms with Crippen molar-refractivity contribution in [3.63, 3.8) is 0 Å². The molecule has 1 aromatic heterocycles. The molecule has 0 fully saturated rings. The number of carbonyl (C=O) groups is 1. The van der Waals surface area contributed by atoms with Gasteiger partial charge in [-0.1, -0.05) is 23.9 Å². The van der Waals surface area contributed by atoms with Gasteiger partial charge >= 0.3 is 0 Å². The molecule has 0 saturated carbocycles. The molecule has 0 aliphatic heterocycles. The van der Waals surface area contributed by atoms with Crippen LogP contribution in [0, 0.1) is 5.82 Å². The molecule has 1 amide bonds. The predicted molar refractivity (Wildman–Crippen MR) is 101 cm³/mol. The van der Waals surface area contributed by atoms with Crippen LogP contribution in [0.25, 0.3) is 11.0 Å². The molecular formula is C19H20FN3O2S. The van der Waals surface area contributed by atoms with Gasteiger partial charge in [-0.15, -0.1) is 0 Å². The molecule has 0 unspecified atom stereocenters. The quantitative estimate of drug-likeness (QED) is 0.639. The number of fused-ring (bicyclic) bond motifs is 1. The Morgan fingerprint density at radius 1 is 1.23 bits per heavy atom. The zero-order chi connectivity index (χ0) is 18.7. The molecule has 5 nitrogen and oxygen atoms in total. The van der Waals surface area contributed by atoms with Crippen molar-refractivity contribution in [1.29, 1.82) is 0 Å². The number of aromatic amines is 1. The van der Waals surface area contributed by atoms with Gasteiger partial charge in [-0.25, -0.2) is 9.37 Å². The summed E-state index contributed by atoms with van der Waals surface area (Å²) in [6, 6.07) is 11.5. The van der Waals surface area contributed by atoms with Gasteiger partial charge in [0, 0.05) is 6.07 Å². The highest BCUT2D eigenvalue weighted by molar-refractivity contribution is 8.00. The number of ether oxygens (including phenoxy) is 1. The molecule has 3 rings (SSSR count). The molecule has 0 saturated heterocycles. The van der Waals surface area contributed by atoms with E-state index in [1.807, 2.05) is 32.0 Å². The van der Waals surface area contributed by atoms with Crippen LogP contribution in [0.4, 0.5) is 4.39 Å². The van der Waals surface area contributed by atoms with E-state index in [0.29, 0.717) is 5.16 Å². The van der Waals surface area contributed by atoms with Crippen LogP contribution in [0.15, 0.2) is 47.6 Å². The SMILES string of the molecule is COc1ccc2nc(S[C@H](C)C(=O)N[C@H](C)c3ccc(F)cc3)[nH]c2c1. The van der Waals surface area contributed by atoms with Gasteiger partial charge in [0.05, 0.1) is 29.4 Å². The lowest BCUT2D eigenvalue weighted by Gasteiger charge is -2.17. The number of nitrogens with zero attached hydrogens (tertiary/aromatic N) is 1. The first kappa shape index (κ1) is 18.3. The number of hydrogen-bond donors (Lipinski definition) is 2. The first-order valence-corrected chi connectivity index (χ1v) is 9.10. The highest BCUT2D eigenvalue weighted by atomic mass is 32.2. The van der Waals surface area contributed by atoms with E-state index in [1.54, 1.807) is 19.2 Å². The van der Waals surface area contributed by atoms with Gasteiger partial charge in [0.2, 0.25) is 5.91 Å². The molecular weight excluding hydrogens is 353 g/mol. The third-order valence-electron chi connectivity index (χ3n) is 4.05. The number of thioether (sulfide) groups is 1. The number of nitrogens with one attached hydrogen (secondary N) is 2. The largest absolute Gasteiger partial charge is 0.497 e. The van der Waals surface area contributed by atoms with E-state index < -0.39 is 0 Å². The van der Waals surface area contributed by atoms with Crippen molar-refractivity contribution in [2.45, 2.75) is 30.3 Å². The van der Waals surface area contributed by atoms with E-state index in [-0.39, 0.29) is 23.0 Å². The fourth-order valence-electron chi connectivity index (χ4n) is 2.53. The summed E-state index contributed by atoms with van der Waals surface area (Å²) in [4.78, 5) is 20.1. The van der Waals surface area contributed by atoms with E-state index in [9.17, 15) is 9.18 Å². The zero-order valence-corrected chi connectivity index (χ0v) is 15.6. The third-order valence-corrected chi connectivity index (χ3v) is 5.04. The van der Waals surface area contributed by atoms with Crippen molar-refractivity contribution in [3.05, 3.63) is 53.8 Å². The molecule has 0 aliphatic carbocycles. The van der Waals surface area contributed by atoms with Crippen LogP contribution >= 0.6 is 11.8 Å². The van der Waals surface area contributed by atoms with Crippen LogP contribution in [-0.2, 0) is 4.79 Å². The third kappa shape index (κ3) is 4.16. The van der Waals surface area contributed by atoms with Gasteiger partial charge in [0.25, 0.3) is 0 Å². The predicted octanol–water partition coefficient (Wildman–Crippen LogP) is 4.07. The number of aromatic nitrogens is 2. The average molecular weight is 373 g/mol. The molecule has 0 radical (unpaired) electrons. The van der Waals surface area contributed by atoms with Crippen molar-refractivity contribution in [3.8, 4) is 5.75 Å². The molecule has 2 atom stereocenters. The molecule has 0 aliphatic rings. The van der Waals surface area contributed by atoms with Gasteiger partial charge < -0.3 is 15.0 Å². The first-order valence-electron chi connectivity index (χ1n) is 8.22. The van der Waals surface area contributed by atoms with Crippen molar-refractivity contribution < 1.29 is 13.9 Å². The standard InChI is InChI=1S/C19H20FN3O2S/c1-11(13-4-6-14(20)7-5-13)21-18(24)12(2)26-19-22-16-9-8-15(25-3)10-17(16)23-19/h4-12H,1-3H3,(H,21,24)(H,22,23)/t11-,12-/m1/s1. The maximum atomic E-state index is 13.0. The van der Waals surface area contributed by atoms with Crippen LogP contribution < -0.4 is 10.1 Å². The number of rotatable bonds is 6. The molecule has 2 N–H and O–H groups in total. The molecule has 1 heterocycles. The number of carbonyl (C=O) groups excluding carboxylic acids is 1. The number of H-pyrrole nitrogens is 1. The van der Waals surface area contributed by atoms with Crippen LogP contribution in [-0.4, -0.2) is 28.2 Å². The van der Waals surface area contributed by atoms with E-state index >= 15 is 0 Å². The topological polar surface area (TPSA) is 67.0 Å². The van der Waals surface area contributed by atoms with Crippen LogP contribution in [0.2, 0.25) is 0 Å². The molecule has 7 heteroatoms. The second kappa shape index (κ2) is 7.78. The minimum atomic E-state index is -0.333. The molecule has 0 bridgehead atoms. The minimum Gasteiger partial charge on any atom is -0.497 e. The van der Waals surface area contributed by atoms with Crippen molar-refractivity contribution >= 4 is 28.7 Å². The number of amides is 1. The molecule has 2 aromatic carbocycles. The Kier molecular flexibility index (Phi) is 5.46. The van der Waals surface area contributed by atoms with Crippen molar-refractivity contribution in [1.82, 2.24) is 15.3 Å². The fourth-order valence-corrected chi connectivity index (χ4v) is 3.36. The number of halogens is 1. The minimum absolute atomic E-state index is 0.107.